The second-order valence-corrected chi connectivity index (χ2v) is 9.88. The Labute approximate surface area is 196 Å². The van der Waals surface area contributed by atoms with E-state index >= 15 is 0 Å². The topological polar surface area (TPSA) is 69.6 Å². The monoisotopic (exact) mass is 465 g/mol. The van der Waals surface area contributed by atoms with Gasteiger partial charge in [-0.05, 0) is 51.0 Å². The molecule has 0 spiro atoms. The number of hydrogen-bond acceptors (Lipinski definition) is 6. The molecule has 0 amide bonds. The summed E-state index contributed by atoms with van der Waals surface area (Å²) in [6, 6.07) is 16.2. The van der Waals surface area contributed by atoms with Gasteiger partial charge in [-0.2, -0.15) is 0 Å². The van der Waals surface area contributed by atoms with Crippen LogP contribution in [0.1, 0.15) is 55.4 Å². The minimum absolute atomic E-state index is 0.0653. The molecular weight excluding hydrogens is 442 g/mol. The van der Waals surface area contributed by atoms with Crippen LogP contribution < -0.4 is 0 Å². The third-order valence-corrected chi connectivity index (χ3v) is 7.18. The van der Waals surface area contributed by atoms with Gasteiger partial charge < -0.3 is 4.42 Å². The maximum Gasteiger partial charge on any atom is 0.247 e. The summed E-state index contributed by atoms with van der Waals surface area (Å²) < 4.78 is 8.27. The Bertz CT molecular complexity index is 1230. The van der Waals surface area contributed by atoms with Gasteiger partial charge in [-0.3, -0.25) is 4.57 Å². The van der Waals surface area contributed by atoms with Crippen molar-refractivity contribution in [2.24, 2.45) is 0 Å². The first-order chi connectivity index (χ1) is 15.6. The number of aryl methyl sites for hydroxylation is 1. The Kier molecular flexibility index (Phi) is 6.02. The zero-order chi connectivity index (χ0) is 22.1. The number of hydrogen-bond donors (Lipinski definition) is 0. The van der Waals surface area contributed by atoms with Crippen LogP contribution in [-0.2, 0) is 0 Å². The molecule has 1 atom stereocenters. The summed E-state index contributed by atoms with van der Waals surface area (Å²) in [5.74, 6) is 1.93. The largest absolute Gasteiger partial charge is 0.419 e. The number of benzene rings is 2. The van der Waals surface area contributed by atoms with Gasteiger partial charge >= 0.3 is 0 Å². The lowest BCUT2D eigenvalue weighted by Crippen LogP contribution is -2.09. The molecule has 0 N–H and O–H groups in total. The van der Waals surface area contributed by atoms with Gasteiger partial charge in [0.15, 0.2) is 11.0 Å². The Morgan fingerprint density at radius 1 is 1.03 bits per heavy atom. The molecule has 5 rings (SSSR count). The lowest BCUT2D eigenvalue weighted by atomic mass is 10.1. The fourth-order valence-corrected chi connectivity index (χ4v) is 5.35. The molecule has 2 heterocycles. The maximum absolute atomic E-state index is 6.50. The van der Waals surface area contributed by atoms with Crippen molar-refractivity contribution < 1.29 is 4.42 Å². The predicted octanol–water partition coefficient (Wildman–Crippen LogP) is 6.93. The Balaban J connectivity index is 1.45. The summed E-state index contributed by atoms with van der Waals surface area (Å²) in [5, 5.41) is 19.1. The molecule has 4 aromatic rings. The van der Waals surface area contributed by atoms with E-state index in [1.165, 1.54) is 12.8 Å². The van der Waals surface area contributed by atoms with Crippen LogP contribution in [0.25, 0.3) is 22.8 Å². The fraction of sp³-hybridized carbons (Fsp3) is 0.333. The molecule has 0 aliphatic heterocycles. The summed E-state index contributed by atoms with van der Waals surface area (Å²) >= 11 is 8.09. The van der Waals surface area contributed by atoms with E-state index in [2.05, 4.69) is 31.9 Å². The average molecular weight is 466 g/mol. The van der Waals surface area contributed by atoms with Crippen molar-refractivity contribution in [2.45, 2.75) is 56.0 Å². The highest BCUT2D eigenvalue weighted by molar-refractivity contribution is 7.99. The van der Waals surface area contributed by atoms with Gasteiger partial charge in [0, 0.05) is 17.2 Å². The van der Waals surface area contributed by atoms with Crippen molar-refractivity contribution in [3.63, 3.8) is 0 Å². The maximum atomic E-state index is 6.50. The van der Waals surface area contributed by atoms with Gasteiger partial charge in [0.05, 0.1) is 10.3 Å². The van der Waals surface area contributed by atoms with E-state index in [1.54, 1.807) is 11.8 Å². The first-order valence-corrected chi connectivity index (χ1v) is 12.1. The average Bonchev–Trinajstić information content (AvgIpc) is 3.55. The van der Waals surface area contributed by atoms with Crippen LogP contribution in [0, 0.1) is 6.92 Å². The van der Waals surface area contributed by atoms with Gasteiger partial charge in [0.1, 0.15) is 0 Å². The van der Waals surface area contributed by atoms with E-state index in [1.807, 2.05) is 55.5 Å². The highest BCUT2D eigenvalue weighted by Gasteiger charge is 2.28. The molecule has 0 saturated heterocycles. The van der Waals surface area contributed by atoms with E-state index in [-0.39, 0.29) is 5.25 Å². The van der Waals surface area contributed by atoms with Crippen molar-refractivity contribution in [3.05, 3.63) is 65.0 Å². The van der Waals surface area contributed by atoms with Gasteiger partial charge in [0.25, 0.3) is 0 Å². The van der Waals surface area contributed by atoms with Crippen LogP contribution in [0.4, 0.5) is 0 Å². The van der Waals surface area contributed by atoms with Gasteiger partial charge in [-0.1, -0.05) is 66.0 Å². The smallest absolute Gasteiger partial charge is 0.247 e. The number of rotatable bonds is 6. The van der Waals surface area contributed by atoms with E-state index in [4.69, 9.17) is 16.0 Å². The summed E-state index contributed by atoms with van der Waals surface area (Å²) in [5.41, 5.74) is 2.99. The normalized spacial score (nSPS) is 15.3. The lowest BCUT2D eigenvalue weighted by molar-refractivity contribution is 0.482. The molecule has 1 aliphatic carbocycles. The zero-order valence-corrected chi connectivity index (χ0v) is 19.6. The highest BCUT2D eigenvalue weighted by atomic mass is 35.5. The van der Waals surface area contributed by atoms with E-state index in [0.29, 0.717) is 22.8 Å². The van der Waals surface area contributed by atoms with Crippen LogP contribution in [0.2, 0.25) is 5.02 Å². The summed E-state index contributed by atoms with van der Waals surface area (Å²) in [6.45, 7) is 4.10. The first-order valence-electron chi connectivity index (χ1n) is 10.9. The van der Waals surface area contributed by atoms with Gasteiger partial charge in [0.2, 0.25) is 11.8 Å². The van der Waals surface area contributed by atoms with E-state index in [0.717, 1.165) is 40.5 Å². The third kappa shape index (κ3) is 4.19. The quantitative estimate of drug-likeness (QED) is 0.287. The molecule has 1 fully saturated rings. The standard InChI is InChI=1S/C24H24ClN5OS/c1-15-8-7-9-17(14-15)23-28-27-22(31-23)16(2)32-24-29-26-21(19-12-5-6-13-20(19)25)30(24)18-10-3-4-11-18/h5-9,12-14,16,18H,3-4,10-11H2,1-2H3. The van der Waals surface area contributed by atoms with Crippen molar-refractivity contribution in [2.75, 3.05) is 0 Å². The zero-order valence-electron chi connectivity index (χ0n) is 18.0. The molecule has 1 aliphatic rings. The summed E-state index contributed by atoms with van der Waals surface area (Å²) in [4.78, 5) is 0. The molecule has 0 bridgehead atoms. The minimum atomic E-state index is -0.0653. The Morgan fingerprint density at radius 3 is 2.62 bits per heavy atom. The van der Waals surface area contributed by atoms with Crippen LogP contribution in [-0.4, -0.2) is 25.0 Å². The molecule has 2 aromatic carbocycles. The van der Waals surface area contributed by atoms with Crippen molar-refractivity contribution >= 4 is 23.4 Å². The second kappa shape index (κ2) is 9.08. The Morgan fingerprint density at radius 2 is 1.84 bits per heavy atom. The molecule has 32 heavy (non-hydrogen) atoms. The molecule has 2 aromatic heterocycles. The molecule has 8 heteroatoms. The molecule has 6 nitrogen and oxygen atoms in total. The fourth-order valence-electron chi connectivity index (χ4n) is 4.18. The van der Waals surface area contributed by atoms with Crippen LogP contribution in [0.3, 0.4) is 0 Å². The van der Waals surface area contributed by atoms with Crippen molar-refractivity contribution in [3.8, 4) is 22.8 Å². The molecule has 164 valence electrons. The molecule has 1 saturated carbocycles. The summed E-state index contributed by atoms with van der Waals surface area (Å²) in [7, 11) is 0. The van der Waals surface area contributed by atoms with E-state index in [9.17, 15) is 0 Å². The second-order valence-electron chi connectivity index (χ2n) is 8.17. The molecular formula is C24H24ClN5OS. The summed E-state index contributed by atoms with van der Waals surface area (Å²) in [6.07, 6.45) is 4.67. The number of nitrogens with zero attached hydrogens (tertiary/aromatic N) is 5. The first kappa shape index (κ1) is 21.2. The highest BCUT2D eigenvalue weighted by Crippen LogP contribution is 2.41. The molecule has 1 unspecified atom stereocenters. The van der Waals surface area contributed by atoms with Gasteiger partial charge in [-0.15, -0.1) is 20.4 Å². The van der Waals surface area contributed by atoms with Gasteiger partial charge in [-0.25, -0.2) is 0 Å². The van der Waals surface area contributed by atoms with Crippen LogP contribution in [0.5, 0.6) is 0 Å². The molecule has 0 radical (unpaired) electrons. The predicted molar refractivity (Wildman–Crippen MR) is 127 cm³/mol. The van der Waals surface area contributed by atoms with Crippen LogP contribution >= 0.6 is 23.4 Å². The van der Waals surface area contributed by atoms with Crippen molar-refractivity contribution in [1.82, 2.24) is 25.0 Å². The van der Waals surface area contributed by atoms with Crippen molar-refractivity contribution in [1.29, 1.82) is 0 Å². The Hall–Kier alpha value is -2.64. The number of halogens is 1. The lowest BCUT2D eigenvalue weighted by Gasteiger charge is -2.18. The minimum Gasteiger partial charge on any atom is -0.419 e. The number of aromatic nitrogens is 5. The number of thioether (sulfide) groups is 1. The SMILES string of the molecule is Cc1cccc(-c2nnc(C(C)Sc3nnc(-c4ccccc4Cl)n3C3CCCC3)o2)c1. The van der Waals surface area contributed by atoms with E-state index < -0.39 is 0 Å². The van der Waals surface area contributed by atoms with Crippen LogP contribution in [0.15, 0.2) is 58.1 Å². The third-order valence-electron chi connectivity index (χ3n) is 5.80.